The molecule has 1 unspecified atom stereocenters. The monoisotopic (exact) mass is 461 g/mol. The molecule has 0 spiro atoms. The van der Waals surface area contributed by atoms with E-state index in [2.05, 4.69) is 9.72 Å². The Hall–Kier alpha value is -2.37. The maximum absolute atomic E-state index is 12.9. The van der Waals surface area contributed by atoms with Gasteiger partial charge in [0, 0.05) is 17.3 Å². The predicted molar refractivity (Wildman–Crippen MR) is 103 cm³/mol. The van der Waals surface area contributed by atoms with Gasteiger partial charge in [-0.25, -0.2) is 4.98 Å². The fourth-order valence-corrected chi connectivity index (χ4v) is 4.89. The number of alkyl halides is 3. The second kappa shape index (κ2) is 7.47. The summed E-state index contributed by atoms with van der Waals surface area (Å²) in [6, 6.07) is 4.93. The first-order chi connectivity index (χ1) is 13.7. The van der Waals surface area contributed by atoms with Crippen molar-refractivity contribution < 1.29 is 27.8 Å². The zero-order chi connectivity index (χ0) is 20.8. The third-order valence-corrected chi connectivity index (χ3v) is 6.18. The predicted octanol–water partition coefficient (Wildman–Crippen LogP) is 4.77. The molecule has 0 saturated carbocycles. The number of fused-ring (bicyclic) bond motifs is 1. The van der Waals surface area contributed by atoms with Crippen LogP contribution in [0.4, 0.5) is 13.2 Å². The number of thioether (sulfide) groups is 1. The third-order valence-electron chi connectivity index (χ3n) is 4.08. The van der Waals surface area contributed by atoms with Crippen LogP contribution in [0.1, 0.15) is 10.4 Å². The van der Waals surface area contributed by atoms with Gasteiger partial charge in [0.05, 0.1) is 6.54 Å². The Morgan fingerprint density at radius 1 is 1.34 bits per heavy atom. The molecule has 4 rings (SSSR count). The zero-order valence-electron chi connectivity index (χ0n) is 14.3. The average molecular weight is 462 g/mol. The molecule has 2 aliphatic rings. The fourth-order valence-electron chi connectivity index (χ4n) is 2.95. The van der Waals surface area contributed by atoms with Crippen molar-refractivity contribution in [2.24, 2.45) is 0 Å². The first kappa shape index (κ1) is 19.9. The molecule has 0 saturated heterocycles. The van der Waals surface area contributed by atoms with E-state index in [9.17, 15) is 23.1 Å². The molecular formula is C17H11ClF3N3O3S2. The van der Waals surface area contributed by atoms with Crippen molar-refractivity contribution in [2.45, 2.75) is 18.4 Å². The highest BCUT2D eigenvalue weighted by atomic mass is 35.5. The molecule has 1 atom stereocenters. The summed E-state index contributed by atoms with van der Waals surface area (Å²) in [5, 5.41) is 12.6. The molecule has 1 N–H and O–H groups in total. The van der Waals surface area contributed by atoms with E-state index in [4.69, 9.17) is 11.6 Å². The van der Waals surface area contributed by atoms with Crippen LogP contribution in [-0.2, 0) is 11.3 Å². The molecule has 0 fully saturated rings. The molecule has 12 heteroatoms. The minimum absolute atomic E-state index is 0.102. The van der Waals surface area contributed by atoms with Gasteiger partial charge in [0.25, 0.3) is 5.91 Å². The van der Waals surface area contributed by atoms with Crippen LogP contribution in [0, 0.1) is 0 Å². The van der Waals surface area contributed by atoms with Gasteiger partial charge in [0.15, 0.2) is 9.96 Å². The summed E-state index contributed by atoms with van der Waals surface area (Å²) < 4.78 is 41.9. The van der Waals surface area contributed by atoms with Crippen molar-refractivity contribution in [2.75, 3.05) is 0 Å². The molecule has 29 heavy (non-hydrogen) atoms. The SMILES string of the molecule is O=C1C(c2cccc(OC(F)(F)F)c2)=C(O)N(Cc2cnc(Cl)s2)C2SC=CN12. The van der Waals surface area contributed by atoms with Crippen molar-refractivity contribution >= 4 is 46.2 Å². The molecule has 0 aliphatic carbocycles. The van der Waals surface area contributed by atoms with Gasteiger partial charge in [-0.3, -0.25) is 9.69 Å². The number of aliphatic hydroxyl groups excluding tert-OH is 1. The molecule has 0 radical (unpaired) electrons. The van der Waals surface area contributed by atoms with E-state index in [-0.39, 0.29) is 23.6 Å². The summed E-state index contributed by atoms with van der Waals surface area (Å²) in [4.78, 5) is 20.6. The van der Waals surface area contributed by atoms with Crippen molar-refractivity contribution in [3.05, 3.63) is 62.9 Å². The summed E-state index contributed by atoms with van der Waals surface area (Å²) in [6.07, 6.45) is -1.75. The number of aromatic nitrogens is 1. The quantitative estimate of drug-likeness (QED) is 0.707. The number of nitrogens with zero attached hydrogens (tertiary/aromatic N) is 3. The number of ether oxygens (including phenoxy) is 1. The Labute approximate surface area is 175 Å². The molecule has 1 aromatic heterocycles. The minimum atomic E-state index is -4.87. The summed E-state index contributed by atoms with van der Waals surface area (Å²) in [5.41, 5.74) is -0.552. The fraction of sp³-hybridized carbons (Fsp3) is 0.176. The lowest BCUT2D eigenvalue weighted by Gasteiger charge is -2.39. The molecule has 6 nitrogen and oxygen atoms in total. The Balaban J connectivity index is 1.75. The van der Waals surface area contributed by atoms with Crippen molar-refractivity contribution in [3.8, 4) is 5.75 Å². The molecule has 1 amide bonds. The number of carbonyl (C=O) groups is 1. The number of hydrogen-bond donors (Lipinski definition) is 1. The lowest BCUT2D eigenvalue weighted by Crippen LogP contribution is -2.48. The van der Waals surface area contributed by atoms with E-state index < -0.39 is 23.5 Å². The lowest BCUT2D eigenvalue weighted by atomic mass is 10.0. The van der Waals surface area contributed by atoms with Gasteiger partial charge in [-0.15, -0.1) is 24.5 Å². The topological polar surface area (TPSA) is 65.9 Å². The van der Waals surface area contributed by atoms with Crippen LogP contribution in [-0.4, -0.2) is 37.7 Å². The van der Waals surface area contributed by atoms with Gasteiger partial charge in [-0.2, -0.15) is 0 Å². The van der Waals surface area contributed by atoms with E-state index in [1.54, 1.807) is 22.7 Å². The number of hydrogen-bond acceptors (Lipinski definition) is 7. The molecule has 0 bridgehead atoms. The van der Waals surface area contributed by atoms with Gasteiger partial charge in [-0.05, 0) is 23.1 Å². The highest BCUT2D eigenvalue weighted by Crippen LogP contribution is 2.41. The number of amides is 1. The van der Waals surface area contributed by atoms with Crippen LogP contribution in [0.25, 0.3) is 5.57 Å². The first-order valence-electron chi connectivity index (χ1n) is 8.04. The first-order valence-corrected chi connectivity index (χ1v) is 10.2. The van der Waals surface area contributed by atoms with Crippen LogP contribution in [0.3, 0.4) is 0 Å². The van der Waals surface area contributed by atoms with Gasteiger partial charge in [0.2, 0.25) is 5.88 Å². The standard InChI is InChI=1S/C17H11ClF3N3O3S2/c18-15-22-7-11(29-15)8-24-14(26)12(13(25)23-4-5-28-16(23)24)9-2-1-3-10(6-9)27-17(19,20)21/h1-7,16,26H,8H2. The van der Waals surface area contributed by atoms with Crippen LogP contribution in [0.5, 0.6) is 5.75 Å². The molecule has 1 aromatic carbocycles. The van der Waals surface area contributed by atoms with E-state index in [1.165, 1.54) is 40.1 Å². The second-order valence-corrected chi connectivity index (χ2v) is 8.60. The highest BCUT2D eigenvalue weighted by Gasteiger charge is 2.42. The van der Waals surface area contributed by atoms with E-state index in [1.807, 2.05) is 0 Å². The van der Waals surface area contributed by atoms with Crippen molar-refractivity contribution in [1.29, 1.82) is 0 Å². The second-order valence-electron chi connectivity index (χ2n) is 5.94. The maximum atomic E-state index is 12.9. The number of aliphatic hydroxyl groups is 1. The Bertz CT molecular complexity index is 1020. The summed E-state index contributed by atoms with van der Waals surface area (Å²) in [5.74, 6) is -1.37. The number of benzene rings is 1. The Kier molecular flexibility index (Phi) is 5.13. The van der Waals surface area contributed by atoms with Gasteiger partial charge >= 0.3 is 6.36 Å². The number of halogens is 4. The van der Waals surface area contributed by atoms with Gasteiger partial charge < -0.3 is 14.7 Å². The summed E-state index contributed by atoms with van der Waals surface area (Å²) in [6.45, 7) is 0.210. The van der Waals surface area contributed by atoms with Crippen molar-refractivity contribution in [1.82, 2.24) is 14.8 Å². The Morgan fingerprint density at radius 2 is 2.14 bits per heavy atom. The van der Waals surface area contributed by atoms with Crippen molar-refractivity contribution in [3.63, 3.8) is 0 Å². The smallest absolute Gasteiger partial charge is 0.494 e. The number of thiazole rings is 1. The van der Waals surface area contributed by atoms with Crippen LogP contribution in [0.2, 0.25) is 4.47 Å². The average Bonchev–Trinajstić information content (AvgIpc) is 3.27. The molecule has 2 aromatic rings. The largest absolute Gasteiger partial charge is 0.573 e. The van der Waals surface area contributed by atoms with E-state index in [0.717, 1.165) is 17.0 Å². The summed E-state index contributed by atoms with van der Waals surface area (Å²) in [7, 11) is 0. The molecule has 3 heterocycles. The van der Waals surface area contributed by atoms with E-state index >= 15 is 0 Å². The zero-order valence-corrected chi connectivity index (χ0v) is 16.6. The van der Waals surface area contributed by atoms with Gasteiger partial charge in [-0.1, -0.05) is 35.5 Å². The number of rotatable bonds is 4. The molecular weight excluding hydrogens is 451 g/mol. The number of carbonyl (C=O) groups excluding carboxylic acids is 1. The van der Waals surface area contributed by atoms with Crippen LogP contribution in [0.15, 0.2) is 48.0 Å². The Morgan fingerprint density at radius 3 is 2.83 bits per heavy atom. The lowest BCUT2D eigenvalue weighted by molar-refractivity contribution is -0.274. The molecule has 2 aliphatic heterocycles. The van der Waals surface area contributed by atoms with Gasteiger partial charge in [0.1, 0.15) is 11.3 Å². The third kappa shape index (κ3) is 4.02. The van der Waals surface area contributed by atoms with Crippen LogP contribution < -0.4 is 4.74 Å². The van der Waals surface area contributed by atoms with E-state index in [0.29, 0.717) is 4.47 Å². The normalized spacial score (nSPS) is 19.2. The summed E-state index contributed by atoms with van der Waals surface area (Å²) >= 11 is 8.41. The maximum Gasteiger partial charge on any atom is 0.573 e. The minimum Gasteiger partial charge on any atom is -0.494 e. The van der Waals surface area contributed by atoms with Crippen LogP contribution >= 0.6 is 34.7 Å². The molecule has 152 valence electrons. The highest BCUT2D eigenvalue weighted by molar-refractivity contribution is 8.02.